The molecule has 2 heterocycles. The van der Waals surface area contributed by atoms with E-state index >= 15 is 0 Å². The Hall–Kier alpha value is -3.29. The van der Waals surface area contributed by atoms with Gasteiger partial charge in [0.15, 0.2) is 16.6 Å². The molecule has 0 bridgehead atoms. The maximum Gasteiger partial charge on any atom is 0.240 e. The molecule has 166 valence electrons. The summed E-state index contributed by atoms with van der Waals surface area (Å²) in [5.41, 5.74) is 3.97. The Balaban J connectivity index is 1.60. The minimum absolute atomic E-state index is 0.0489. The number of carbonyl (C=O) groups excluding carboxylic acids is 1. The maximum absolute atomic E-state index is 13.0. The monoisotopic (exact) mass is 474 g/mol. The third-order valence-corrected chi connectivity index (χ3v) is 7.78. The Kier molecular flexibility index (Phi) is 6.07. The summed E-state index contributed by atoms with van der Waals surface area (Å²) in [7, 11) is 3.23. The molecular weight excluding hydrogens is 452 g/mol. The molecule has 1 aromatic heterocycles. The highest BCUT2D eigenvalue weighted by Crippen LogP contribution is 2.48. The van der Waals surface area contributed by atoms with Gasteiger partial charge in [0.1, 0.15) is 5.37 Å². The van der Waals surface area contributed by atoms with Crippen molar-refractivity contribution in [3.05, 3.63) is 84.4 Å². The fourth-order valence-corrected chi connectivity index (χ4v) is 6.22. The molecule has 5 rings (SSSR count). The summed E-state index contributed by atoms with van der Waals surface area (Å²) in [6, 6.07) is 26.1. The van der Waals surface area contributed by atoms with E-state index in [-0.39, 0.29) is 11.3 Å². The van der Waals surface area contributed by atoms with Crippen LogP contribution in [0.1, 0.15) is 10.9 Å². The number of nitrogens with zero attached hydrogens (tertiary/aromatic N) is 2. The molecule has 1 aliphatic rings. The third-order valence-electron chi connectivity index (χ3n) is 5.47. The first-order valence-electron chi connectivity index (χ1n) is 10.5. The van der Waals surface area contributed by atoms with Crippen LogP contribution in [0.4, 0.5) is 5.13 Å². The second-order valence-corrected chi connectivity index (χ2v) is 9.49. The molecule has 5 nitrogen and oxygen atoms in total. The van der Waals surface area contributed by atoms with Crippen molar-refractivity contribution in [1.29, 1.82) is 0 Å². The van der Waals surface area contributed by atoms with E-state index in [0.29, 0.717) is 22.4 Å². The molecule has 0 aliphatic carbocycles. The fourth-order valence-electron chi connectivity index (χ4n) is 3.87. The van der Waals surface area contributed by atoms with Crippen LogP contribution in [0.15, 0.2) is 78.9 Å². The minimum atomic E-state index is -0.185. The number of thiazole rings is 1. The lowest BCUT2D eigenvalue weighted by Crippen LogP contribution is -2.27. The standard InChI is InChI=1S/C26H22N2O3S2/c1-30-20-14-13-19(15-21(20)31-2)25-28(22(29)16-32-25)26-27-23(17-9-5-3-6-10-17)24(33-26)18-11-7-4-8-12-18/h3-15,25H,16H2,1-2H3/t25-/m1/s1. The highest BCUT2D eigenvalue weighted by atomic mass is 32.2. The number of hydrogen-bond acceptors (Lipinski definition) is 6. The summed E-state index contributed by atoms with van der Waals surface area (Å²) in [6.07, 6.45) is 0. The van der Waals surface area contributed by atoms with Crippen LogP contribution >= 0.6 is 23.1 Å². The fraction of sp³-hybridized carbons (Fsp3) is 0.154. The zero-order valence-corrected chi connectivity index (χ0v) is 19.9. The van der Waals surface area contributed by atoms with E-state index in [1.807, 2.05) is 59.5 Å². The molecule has 1 atom stereocenters. The summed E-state index contributed by atoms with van der Waals surface area (Å²) in [4.78, 5) is 20.9. The topological polar surface area (TPSA) is 51.7 Å². The minimum Gasteiger partial charge on any atom is -0.493 e. The first-order valence-corrected chi connectivity index (χ1v) is 12.3. The molecule has 0 spiro atoms. The Labute approximate surface area is 201 Å². The van der Waals surface area contributed by atoms with E-state index in [2.05, 4.69) is 24.3 Å². The number of thioether (sulfide) groups is 1. The molecule has 1 saturated heterocycles. The number of aromatic nitrogens is 1. The van der Waals surface area contributed by atoms with E-state index in [0.717, 1.165) is 27.3 Å². The number of rotatable bonds is 6. The van der Waals surface area contributed by atoms with Gasteiger partial charge in [0.25, 0.3) is 0 Å². The van der Waals surface area contributed by atoms with Crippen molar-refractivity contribution in [3.63, 3.8) is 0 Å². The van der Waals surface area contributed by atoms with Crippen molar-refractivity contribution in [2.45, 2.75) is 5.37 Å². The molecular formula is C26H22N2O3S2. The van der Waals surface area contributed by atoms with Gasteiger partial charge >= 0.3 is 0 Å². The molecule has 1 aliphatic heterocycles. The van der Waals surface area contributed by atoms with Gasteiger partial charge in [0, 0.05) is 5.56 Å². The van der Waals surface area contributed by atoms with Crippen molar-refractivity contribution >= 4 is 34.1 Å². The molecule has 3 aromatic carbocycles. The summed E-state index contributed by atoms with van der Waals surface area (Å²) in [5, 5.41) is 0.512. The summed E-state index contributed by atoms with van der Waals surface area (Å²) in [5.74, 6) is 1.76. The van der Waals surface area contributed by atoms with Crippen molar-refractivity contribution in [3.8, 4) is 33.2 Å². The van der Waals surface area contributed by atoms with E-state index in [4.69, 9.17) is 14.5 Å². The molecule has 0 saturated carbocycles. The highest BCUT2D eigenvalue weighted by molar-refractivity contribution is 8.00. The van der Waals surface area contributed by atoms with Crippen LogP contribution in [-0.4, -0.2) is 30.9 Å². The number of ether oxygens (including phenoxy) is 2. The normalized spacial score (nSPS) is 15.6. The zero-order chi connectivity index (χ0) is 22.8. The Morgan fingerprint density at radius 2 is 1.55 bits per heavy atom. The van der Waals surface area contributed by atoms with Crippen molar-refractivity contribution in [2.75, 3.05) is 24.9 Å². The largest absolute Gasteiger partial charge is 0.493 e. The van der Waals surface area contributed by atoms with Crippen molar-refractivity contribution in [1.82, 2.24) is 4.98 Å². The van der Waals surface area contributed by atoms with Crippen LogP contribution in [0.5, 0.6) is 11.5 Å². The van der Waals surface area contributed by atoms with E-state index in [1.165, 1.54) is 0 Å². The van der Waals surface area contributed by atoms with E-state index in [1.54, 1.807) is 37.3 Å². The predicted molar refractivity (Wildman–Crippen MR) is 135 cm³/mol. The molecule has 4 aromatic rings. The number of methoxy groups -OCH3 is 2. The van der Waals surface area contributed by atoms with Crippen LogP contribution in [0, 0.1) is 0 Å². The number of carbonyl (C=O) groups is 1. The Morgan fingerprint density at radius 3 is 2.21 bits per heavy atom. The highest BCUT2D eigenvalue weighted by Gasteiger charge is 2.37. The van der Waals surface area contributed by atoms with Crippen LogP contribution in [0.2, 0.25) is 0 Å². The van der Waals surface area contributed by atoms with Crippen molar-refractivity contribution < 1.29 is 14.3 Å². The summed E-state index contributed by atoms with van der Waals surface area (Å²) >= 11 is 3.14. The van der Waals surface area contributed by atoms with E-state index in [9.17, 15) is 4.79 Å². The number of amides is 1. The van der Waals surface area contributed by atoms with Gasteiger partial charge in [0.05, 0.1) is 30.5 Å². The van der Waals surface area contributed by atoms with Gasteiger partial charge in [-0.2, -0.15) is 0 Å². The molecule has 7 heteroatoms. The second kappa shape index (κ2) is 9.29. The second-order valence-electron chi connectivity index (χ2n) is 7.45. The average molecular weight is 475 g/mol. The summed E-state index contributed by atoms with van der Waals surface area (Å²) in [6.45, 7) is 0. The molecule has 1 fully saturated rings. The van der Waals surface area contributed by atoms with Gasteiger partial charge in [-0.05, 0) is 23.3 Å². The molecule has 0 radical (unpaired) electrons. The first-order chi connectivity index (χ1) is 16.2. The van der Waals surface area contributed by atoms with Gasteiger partial charge < -0.3 is 9.47 Å². The lowest BCUT2D eigenvalue weighted by Gasteiger charge is -2.22. The average Bonchev–Trinajstić information content (AvgIpc) is 3.48. The maximum atomic E-state index is 13.0. The molecule has 1 amide bonds. The predicted octanol–water partition coefficient (Wildman–Crippen LogP) is 6.27. The lowest BCUT2D eigenvalue weighted by molar-refractivity contribution is -0.115. The van der Waals surface area contributed by atoms with E-state index < -0.39 is 0 Å². The third kappa shape index (κ3) is 4.10. The lowest BCUT2D eigenvalue weighted by atomic mass is 10.1. The van der Waals surface area contributed by atoms with Crippen LogP contribution in [0.25, 0.3) is 21.7 Å². The SMILES string of the molecule is COc1ccc([C@H]2SCC(=O)N2c2nc(-c3ccccc3)c(-c3ccccc3)s2)cc1OC. The summed E-state index contributed by atoms with van der Waals surface area (Å²) < 4.78 is 10.9. The van der Waals surface area contributed by atoms with Gasteiger partial charge in [-0.25, -0.2) is 4.98 Å². The quantitative estimate of drug-likeness (QED) is 0.330. The number of benzene rings is 3. The van der Waals surface area contributed by atoms with Gasteiger partial charge in [-0.15, -0.1) is 11.8 Å². The molecule has 0 unspecified atom stereocenters. The Morgan fingerprint density at radius 1 is 0.879 bits per heavy atom. The van der Waals surface area contributed by atoms with Gasteiger partial charge in [-0.1, -0.05) is 78.1 Å². The van der Waals surface area contributed by atoms with Crippen molar-refractivity contribution in [2.24, 2.45) is 0 Å². The van der Waals surface area contributed by atoms with Gasteiger partial charge in [0.2, 0.25) is 5.91 Å². The smallest absolute Gasteiger partial charge is 0.240 e. The first kappa shape index (κ1) is 21.6. The zero-order valence-electron chi connectivity index (χ0n) is 18.2. The van der Waals surface area contributed by atoms with Crippen LogP contribution in [0.3, 0.4) is 0 Å². The van der Waals surface area contributed by atoms with Gasteiger partial charge in [-0.3, -0.25) is 9.69 Å². The van der Waals surface area contributed by atoms with Crippen LogP contribution in [-0.2, 0) is 4.79 Å². The molecule has 33 heavy (non-hydrogen) atoms. The number of hydrogen-bond donors (Lipinski definition) is 0. The van der Waals surface area contributed by atoms with Crippen LogP contribution < -0.4 is 14.4 Å². The number of anilines is 1. The Bertz CT molecular complexity index is 1220. The molecule has 0 N–H and O–H groups in total.